The number of halogens is 1. The second-order valence-corrected chi connectivity index (χ2v) is 7.19. The molecule has 7 nitrogen and oxygen atoms in total. The third-order valence-corrected chi connectivity index (χ3v) is 4.79. The van der Waals surface area contributed by atoms with Crippen molar-refractivity contribution >= 4 is 35.8 Å². The van der Waals surface area contributed by atoms with Crippen molar-refractivity contribution in [3.8, 4) is 11.5 Å². The summed E-state index contributed by atoms with van der Waals surface area (Å²) in [6.07, 6.45) is 1.89. The van der Waals surface area contributed by atoms with Crippen LogP contribution in [-0.2, 0) is 11.2 Å². The van der Waals surface area contributed by atoms with E-state index in [2.05, 4.69) is 15.6 Å². The van der Waals surface area contributed by atoms with E-state index in [1.54, 1.807) is 7.11 Å². The summed E-state index contributed by atoms with van der Waals surface area (Å²) in [5.41, 5.74) is 8.13. The summed E-state index contributed by atoms with van der Waals surface area (Å²) in [6.45, 7) is 5.76. The van der Waals surface area contributed by atoms with Crippen molar-refractivity contribution in [3.63, 3.8) is 0 Å². The van der Waals surface area contributed by atoms with Gasteiger partial charge in [0.1, 0.15) is 11.5 Å². The van der Waals surface area contributed by atoms with E-state index in [1.807, 2.05) is 62.4 Å². The van der Waals surface area contributed by atoms with Crippen molar-refractivity contribution in [3.05, 3.63) is 59.7 Å². The molecule has 0 aromatic heterocycles. The van der Waals surface area contributed by atoms with Crippen LogP contribution in [0.2, 0.25) is 0 Å². The highest BCUT2D eigenvalue weighted by Crippen LogP contribution is 2.17. The highest BCUT2D eigenvalue weighted by Gasteiger charge is 2.09. The zero-order chi connectivity index (χ0) is 22.5. The molecule has 8 heteroatoms. The Balaban J connectivity index is 0.00000512. The van der Waals surface area contributed by atoms with Crippen LogP contribution < -0.4 is 25.8 Å². The van der Waals surface area contributed by atoms with E-state index in [-0.39, 0.29) is 35.9 Å². The van der Waals surface area contributed by atoms with Crippen LogP contribution in [0.25, 0.3) is 0 Å². The molecule has 0 radical (unpaired) electrons. The number of ether oxygens (including phenoxy) is 2. The first-order valence-corrected chi connectivity index (χ1v) is 10.7. The summed E-state index contributed by atoms with van der Waals surface area (Å²) in [6, 6.07) is 15.7. The van der Waals surface area contributed by atoms with Crippen molar-refractivity contribution < 1.29 is 14.3 Å². The fourth-order valence-corrected chi connectivity index (χ4v) is 3.04. The molecule has 0 fully saturated rings. The first kappa shape index (κ1) is 27.5. The van der Waals surface area contributed by atoms with Gasteiger partial charge in [-0.15, -0.1) is 24.0 Å². The zero-order valence-corrected chi connectivity index (χ0v) is 21.4. The number of nitrogens with zero attached hydrogens (tertiary/aromatic N) is 1. The number of carbonyl (C=O) groups is 1. The van der Waals surface area contributed by atoms with Gasteiger partial charge in [-0.25, -0.2) is 0 Å². The van der Waals surface area contributed by atoms with Gasteiger partial charge < -0.3 is 25.8 Å². The van der Waals surface area contributed by atoms with Crippen LogP contribution >= 0.6 is 24.0 Å². The number of guanidine groups is 1. The summed E-state index contributed by atoms with van der Waals surface area (Å²) >= 11 is 0. The number of benzene rings is 2. The molecule has 2 aromatic rings. The van der Waals surface area contributed by atoms with E-state index >= 15 is 0 Å². The quantitative estimate of drug-likeness (QED) is 0.161. The lowest BCUT2D eigenvalue weighted by Gasteiger charge is -2.15. The van der Waals surface area contributed by atoms with E-state index in [0.29, 0.717) is 38.5 Å². The standard InChI is InChI=1S/C24H34N4O3.HI/c1-4-31-22-13-9-20(10-14-22)18(2)28-23(29)6-5-16-26-24(25)27-17-15-19-7-11-21(30-3)12-8-19;/h7-14,18H,4-6,15-17H2,1-3H3,(H,28,29)(H3,25,26,27);1H. The molecular formula is C24H35IN4O3. The predicted octanol–water partition coefficient (Wildman–Crippen LogP) is 3.82. The summed E-state index contributed by atoms with van der Waals surface area (Å²) in [7, 11) is 1.65. The Morgan fingerprint density at radius 2 is 1.75 bits per heavy atom. The molecule has 176 valence electrons. The molecule has 0 spiro atoms. The SMILES string of the molecule is CCOc1ccc(C(C)NC(=O)CCCN=C(N)NCCc2ccc(OC)cc2)cc1.I. The van der Waals surface area contributed by atoms with Crippen LogP contribution in [0.1, 0.15) is 43.9 Å². The van der Waals surface area contributed by atoms with Crippen molar-refractivity contribution in [2.45, 2.75) is 39.2 Å². The lowest BCUT2D eigenvalue weighted by Crippen LogP contribution is -2.33. The minimum atomic E-state index is -0.0589. The van der Waals surface area contributed by atoms with Crippen molar-refractivity contribution in [2.24, 2.45) is 10.7 Å². The number of aliphatic imine (C=N–C) groups is 1. The minimum absolute atomic E-state index is 0. The van der Waals surface area contributed by atoms with E-state index < -0.39 is 0 Å². The van der Waals surface area contributed by atoms with Gasteiger partial charge in [0.15, 0.2) is 5.96 Å². The maximum absolute atomic E-state index is 12.2. The first-order chi connectivity index (χ1) is 15.0. The summed E-state index contributed by atoms with van der Waals surface area (Å²) < 4.78 is 10.6. The average molecular weight is 554 g/mol. The number of hydrogen-bond donors (Lipinski definition) is 3. The molecule has 1 amide bonds. The van der Waals surface area contributed by atoms with Gasteiger partial charge in [0.25, 0.3) is 0 Å². The molecule has 0 saturated heterocycles. The van der Waals surface area contributed by atoms with Crippen molar-refractivity contribution in [1.29, 1.82) is 0 Å². The van der Waals surface area contributed by atoms with Gasteiger partial charge in [-0.2, -0.15) is 0 Å². The number of methoxy groups -OCH3 is 1. The Labute approximate surface area is 208 Å². The number of hydrogen-bond acceptors (Lipinski definition) is 4. The Kier molecular flexibility index (Phi) is 13.2. The van der Waals surface area contributed by atoms with Crippen molar-refractivity contribution in [2.75, 3.05) is 26.8 Å². The Bertz CT molecular complexity index is 826. The van der Waals surface area contributed by atoms with Gasteiger partial charge >= 0.3 is 0 Å². The summed E-state index contributed by atoms with van der Waals surface area (Å²) in [5, 5.41) is 6.11. The van der Waals surface area contributed by atoms with E-state index in [4.69, 9.17) is 15.2 Å². The molecule has 1 atom stereocenters. The molecule has 0 aliphatic carbocycles. The van der Waals surface area contributed by atoms with E-state index in [1.165, 1.54) is 5.56 Å². The van der Waals surface area contributed by atoms with E-state index in [9.17, 15) is 4.79 Å². The molecule has 32 heavy (non-hydrogen) atoms. The molecule has 0 aliphatic rings. The second kappa shape index (κ2) is 15.3. The predicted molar refractivity (Wildman–Crippen MR) is 140 cm³/mol. The lowest BCUT2D eigenvalue weighted by molar-refractivity contribution is -0.121. The maximum atomic E-state index is 12.2. The highest BCUT2D eigenvalue weighted by molar-refractivity contribution is 14.0. The van der Waals surface area contributed by atoms with Crippen LogP contribution in [0, 0.1) is 0 Å². The third kappa shape index (κ3) is 10.2. The number of amides is 1. The normalized spacial score (nSPS) is 11.8. The van der Waals surface area contributed by atoms with Gasteiger partial charge in [0.05, 0.1) is 19.8 Å². The minimum Gasteiger partial charge on any atom is -0.497 e. The zero-order valence-electron chi connectivity index (χ0n) is 19.1. The van der Waals surface area contributed by atoms with Gasteiger partial charge in [0.2, 0.25) is 5.91 Å². The largest absolute Gasteiger partial charge is 0.497 e. The monoisotopic (exact) mass is 554 g/mol. The Hall–Kier alpha value is -2.49. The van der Waals surface area contributed by atoms with E-state index in [0.717, 1.165) is 23.5 Å². The number of carbonyl (C=O) groups excluding carboxylic acids is 1. The fraction of sp³-hybridized carbons (Fsp3) is 0.417. The molecular weight excluding hydrogens is 519 g/mol. The smallest absolute Gasteiger partial charge is 0.220 e. The molecule has 1 unspecified atom stereocenters. The van der Waals surface area contributed by atoms with Gasteiger partial charge in [0, 0.05) is 19.5 Å². The molecule has 0 saturated carbocycles. The van der Waals surface area contributed by atoms with Crippen LogP contribution in [0.5, 0.6) is 11.5 Å². The van der Waals surface area contributed by atoms with Crippen LogP contribution in [0.15, 0.2) is 53.5 Å². The highest BCUT2D eigenvalue weighted by atomic mass is 127. The van der Waals surface area contributed by atoms with Crippen LogP contribution in [-0.4, -0.2) is 38.7 Å². The van der Waals surface area contributed by atoms with Crippen LogP contribution in [0.3, 0.4) is 0 Å². The van der Waals surface area contributed by atoms with Crippen molar-refractivity contribution in [1.82, 2.24) is 10.6 Å². The molecule has 0 heterocycles. The van der Waals surface area contributed by atoms with Gasteiger partial charge in [-0.3, -0.25) is 9.79 Å². The first-order valence-electron chi connectivity index (χ1n) is 10.7. The molecule has 2 rings (SSSR count). The maximum Gasteiger partial charge on any atom is 0.220 e. The number of nitrogens with two attached hydrogens (primary N) is 1. The number of rotatable bonds is 12. The van der Waals surface area contributed by atoms with Gasteiger partial charge in [-0.1, -0.05) is 24.3 Å². The second-order valence-electron chi connectivity index (χ2n) is 7.19. The summed E-state index contributed by atoms with van der Waals surface area (Å²) in [4.78, 5) is 16.5. The topological polar surface area (TPSA) is 98.0 Å². The molecule has 4 N–H and O–H groups in total. The number of nitrogens with one attached hydrogen (secondary N) is 2. The summed E-state index contributed by atoms with van der Waals surface area (Å²) in [5.74, 6) is 2.08. The lowest BCUT2D eigenvalue weighted by atomic mass is 10.1. The Morgan fingerprint density at radius 3 is 2.38 bits per heavy atom. The van der Waals surface area contributed by atoms with Crippen LogP contribution in [0.4, 0.5) is 0 Å². The van der Waals surface area contributed by atoms with Gasteiger partial charge in [-0.05, 0) is 62.1 Å². The third-order valence-electron chi connectivity index (χ3n) is 4.79. The molecule has 2 aromatic carbocycles. The Morgan fingerprint density at radius 1 is 1.09 bits per heavy atom. The fourth-order valence-electron chi connectivity index (χ4n) is 3.04. The molecule has 0 aliphatic heterocycles. The molecule has 0 bridgehead atoms. The average Bonchev–Trinajstić information content (AvgIpc) is 2.78.